The summed E-state index contributed by atoms with van der Waals surface area (Å²) >= 11 is 0. The summed E-state index contributed by atoms with van der Waals surface area (Å²) < 4.78 is 5.73. The van der Waals surface area contributed by atoms with E-state index in [0.717, 1.165) is 27.6 Å². The second-order valence-electron chi connectivity index (χ2n) is 11.7. The van der Waals surface area contributed by atoms with E-state index in [2.05, 4.69) is 5.16 Å². The van der Waals surface area contributed by atoms with Crippen molar-refractivity contribution in [2.75, 3.05) is 0 Å². The van der Waals surface area contributed by atoms with Crippen LogP contribution in [0.15, 0.2) is 124 Å². The van der Waals surface area contributed by atoms with Crippen LogP contribution in [0, 0.1) is 0 Å². The van der Waals surface area contributed by atoms with Crippen molar-refractivity contribution in [1.29, 1.82) is 0 Å². The largest absolute Gasteiger partial charge is 0.511 e. The smallest absolute Gasteiger partial charge is 0.168 e. The third-order valence-corrected chi connectivity index (χ3v) is 8.87. The molecule has 2 aliphatic carbocycles. The second-order valence-corrected chi connectivity index (χ2v) is 11.7. The molecule has 0 bridgehead atoms. The molecule has 0 fully saturated rings. The fourth-order valence-corrected chi connectivity index (χ4v) is 6.68. The Kier molecular flexibility index (Phi) is 7.49. The lowest BCUT2D eigenvalue weighted by molar-refractivity contribution is -0.116. The molecule has 2 aliphatic rings. The van der Waals surface area contributed by atoms with Crippen molar-refractivity contribution < 1.29 is 19.2 Å². The van der Waals surface area contributed by atoms with E-state index in [4.69, 9.17) is 9.52 Å². The van der Waals surface area contributed by atoms with Crippen LogP contribution in [0.1, 0.15) is 70.5 Å². The summed E-state index contributed by atoms with van der Waals surface area (Å²) in [5.74, 6) is 0.511. The third-order valence-electron chi connectivity index (χ3n) is 8.87. The standard InChI is InChI=1S/C38H32N2O4/c41-33-20-27(24-10-3-1-4-11-24)21-34(42)37(33)31(39-30-17-9-15-26-14-7-8-16-29(26)30)18-19-32-38-35(43)22-28(23-36(38)44-40-32)25-12-5-2-6-13-25/h1-17,27-28,41H,18-23H2. The van der Waals surface area contributed by atoms with E-state index in [0.29, 0.717) is 54.8 Å². The van der Waals surface area contributed by atoms with Crippen molar-refractivity contribution in [3.63, 3.8) is 0 Å². The van der Waals surface area contributed by atoms with Gasteiger partial charge in [-0.3, -0.25) is 14.6 Å². The highest BCUT2D eigenvalue weighted by Gasteiger charge is 2.34. The van der Waals surface area contributed by atoms with Crippen LogP contribution in [-0.4, -0.2) is 27.5 Å². The van der Waals surface area contributed by atoms with E-state index in [1.54, 1.807) is 0 Å². The van der Waals surface area contributed by atoms with Crippen molar-refractivity contribution in [2.24, 2.45) is 4.99 Å². The third kappa shape index (κ3) is 5.39. The molecule has 4 aromatic carbocycles. The highest BCUT2D eigenvalue weighted by atomic mass is 16.5. The topological polar surface area (TPSA) is 92.8 Å². The lowest BCUT2D eigenvalue weighted by Crippen LogP contribution is -2.24. The molecule has 6 nitrogen and oxygen atoms in total. The predicted octanol–water partition coefficient (Wildman–Crippen LogP) is 8.40. The zero-order valence-electron chi connectivity index (χ0n) is 24.3. The number of carbonyl (C=O) groups excluding carboxylic acids is 2. The van der Waals surface area contributed by atoms with Crippen molar-refractivity contribution in [1.82, 2.24) is 5.16 Å². The van der Waals surface area contributed by atoms with Gasteiger partial charge in [-0.15, -0.1) is 0 Å². The molecule has 1 heterocycles. The van der Waals surface area contributed by atoms with Gasteiger partial charge in [0.15, 0.2) is 11.6 Å². The second kappa shape index (κ2) is 11.9. The van der Waals surface area contributed by atoms with Crippen LogP contribution < -0.4 is 0 Å². The number of allylic oxidation sites excluding steroid dienone is 2. The van der Waals surface area contributed by atoms with Gasteiger partial charge in [0, 0.05) is 31.1 Å². The number of carbonyl (C=O) groups is 2. The van der Waals surface area contributed by atoms with Crippen molar-refractivity contribution in [3.05, 3.63) is 143 Å². The Hall–Kier alpha value is -5.10. The van der Waals surface area contributed by atoms with E-state index in [-0.39, 0.29) is 41.2 Å². The number of hydrogen-bond donors (Lipinski definition) is 1. The number of rotatable bonds is 7. The maximum absolute atomic E-state index is 13.7. The molecule has 0 saturated carbocycles. The first-order valence-corrected chi connectivity index (χ1v) is 15.2. The zero-order chi connectivity index (χ0) is 30.0. The highest BCUT2D eigenvalue weighted by Crippen LogP contribution is 2.37. The van der Waals surface area contributed by atoms with E-state index in [9.17, 15) is 14.7 Å². The fourth-order valence-electron chi connectivity index (χ4n) is 6.68. The minimum atomic E-state index is -0.134. The fraction of sp³-hybridized carbons (Fsp3) is 0.211. The molecule has 7 rings (SSSR count). The average Bonchev–Trinajstić information content (AvgIpc) is 3.47. The molecule has 6 heteroatoms. The van der Waals surface area contributed by atoms with E-state index in [1.807, 2.05) is 103 Å². The average molecular weight is 581 g/mol. The lowest BCUT2D eigenvalue weighted by Gasteiger charge is -2.25. The number of aliphatic hydroxyl groups is 1. The summed E-state index contributed by atoms with van der Waals surface area (Å²) in [7, 11) is 0. The van der Waals surface area contributed by atoms with Gasteiger partial charge >= 0.3 is 0 Å². The Morgan fingerprint density at radius 2 is 1.39 bits per heavy atom. The Morgan fingerprint density at radius 1 is 0.750 bits per heavy atom. The molecule has 218 valence electrons. The number of hydrogen-bond acceptors (Lipinski definition) is 6. The number of Topliss-reactive ketones (excluding diaryl/α,β-unsaturated/α-hetero) is 2. The summed E-state index contributed by atoms with van der Waals surface area (Å²) in [6.07, 6.45) is 2.33. The number of fused-ring (bicyclic) bond motifs is 2. The van der Waals surface area contributed by atoms with Crippen LogP contribution in [-0.2, 0) is 17.6 Å². The lowest BCUT2D eigenvalue weighted by atomic mass is 9.80. The molecule has 1 aromatic heterocycles. The summed E-state index contributed by atoms with van der Waals surface area (Å²) in [5, 5.41) is 17.7. The van der Waals surface area contributed by atoms with Crippen LogP contribution in [0.25, 0.3) is 10.8 Å². The monoisotopic (exact) mass is 580 g/mol. The van der Waals surface area contributed by atoms with Crippen LogP contribution in [0.2, 0.25) is 0 Å². The van der Waals surface area contributed by atoms with Crippen LogP contribution >= 0.6 is 0 Å². The number of ketones is 2. The molecule has 0 saturated heterocycles. The maximum Gasteiger partial charge on any atom is 0.168 e. The van der Waals surface area contributed by atoms with Gasteiger partial charge in [0.05, 0.1) is 28.2 Å². The van der Waals surface area contributed by atoms with Crippen molar-refractivity contribution in [2.45, 2.75) is 50.4 Å². The van der Waals surface area contributed by atoms with E-state index >= 15 is 0 Å². The quantitative estimate of drug-likeness (QED) is 0.195. The Morgan fingerprint density at radius 3 is 2.11 bits per heavy atom. The molecule has 0 amide bonds. The van der Waals surface area contributed by atoms with Gasteiger partial charge in [0.25, 0.3) is 0 Å². The molecule has 2 unspecified atom stereocenters. The van der Waals surface area contributed by atoms with Crippen LogP contribution in [0.4, 0.5) is 5.69 Å². The number of aryl methyl sites for hydroxylation is 1. The van der Waals surface area contributed by atoms with Gasteiger partial charge < -0.3 is 9.63 Å². The number of benzene rings is 4. The molecular formula is C38H32N2O4. The molecule has 0 spiro atoms. The van der Waals surface area contributed by atoms with Gasteiger partial charge in [-0.2, -0.15) is 0 Å². The van der Waals surface area contributed by atoms with Crippen molar-refractivity contribution >= 4 is 33.7 Å². The van der Waals surface area contributed by atoms with Gasteiger partial charge in [-0.05, 0) is 47.3 Å². The summed E-state index contributed by atoms with van der Waals surface area (Å²) in [5.41, 5.74) is 4.77. The minimum absolute atomic E-state index is 0.0189. The molecule has 44 heavy (non-hydrogen) atoms. The number of aliphatic imine (C=N–C) groups is 1. The Labute approximate surface area is 255 Å². The zero-order valence-corrected chi connectivity index (χ0v) is 24.3. The highest BCUT2D eigenvalue weighted by molar-refractivity contribution is 6.24. The summed E-state index contributed by atoms with van der Waals surface area (Å²) in [6.45, 7) is 0. The predicted molar refractivity (Wildman–Crippen MR) is 171 cm³/mol. The Balaban J connectivity index is 1.22. The van der Waals surface area contributed by atoms with Crippen LogP contribution in [0.5, 0.6) is 0 Å². The SMILES string of the molecule is O=C1CC(c2ccccc2)CC(O)=C1C(CCc1noc2c1C(=O)CC(c1ccccc1)C2)=Nc1cccc2ccccc12. The van der Waals surface area contributed by atoms with Gasteiger partial charge in [0.1, 0.15) is 11.5 Å². The minimum Gasteiger partial charge on any atom is -0.511 e. The molecule has 0 radical (unpaired) electrons. The first kappa shape index (κ1) is 27.7. The van der Waals surface area contributed by atoms with Crippen LogP contribution in [0.3, 0.4) is 0 Å². The molecular weight excluding hydrogens is 548 g/mol. The molecule has 2 atom stereocenters. The van der Waals surface area contributed by atoms with Gasteiger partial charge in [-0.25, -0.2) is 0 Å². The summed E-state index contributed by atoms with van der Waals surface area (Å²) in [6, 6.07) is 33.7. The molecule has 0 aliphatic heterocycles. The van der Waals surface area contributed by atoms with Gasteiger partial charge in [0.2, 0.25) is 0 Å². The Bertz CT molecular complexity index is 1920. The van der Waals surface area contributed by atoms with Gasteiger partial charge in [-0.1, -0.05) is 102 Å². The number of aliphatic hydroxyl groups excluding tert-OH is 1. The van der Waals surface area contributed by atoms with E-state index in [1.165, 1.54) is 0 Å². The number of nitrogens with zero attached hydrogens (tertiary/aromatic N) is 2. The normalized spacial score (nSPS) is 19.0. The van der Waals surface area contributed by atoms with E-state index < -0.39 is 0 Å². The summed E-state index contributed by atoms with van der Waals surface area (Å²) in [4.78, 5) is 32.1. The first-order chi connectivity index (χ1) is 21.5. The van der Waals surface area contributed by atoms with Crippen molar-refractivity contribution in [3.8, 4) is 0 Å². The molecule has 5 aromatic rings. The number of aromatic nitrogens is 1. The molecule has 1 N–H and O–H groups in total. The maximum atomic E-state index is 13.7. The first-order valence-electron chi connectivity index (χ1n) is 15.2.